The quantitative estimate of drug-likeness (QED) is 0.675. The van der Waals surface area contributed by atoms with Crippen molar-refractivity contribution in [3.63, 3.8) is 0 Å². The molecule has 0 spiro atoms. The molecule has 1 rings (SSSR count). The second-order valence-electron chi connectivity index (χ2n) is 4.00. The minimum atomic E-state index is -6.01. The van der Waals surface area contributed by atoms with Crippen molar-refractivity contribution < 1.29 is 45.7 Å². The fourth-order valence-electron chi connectivity index (χ4n) is 1.22. The molecule has 5 nitrogen and oxygen atoms in total. The second kappa shape index (κ2) is 5.99. The van der Waals surface area contributed by atoms with Gasteiger partial charge in [0.1, 0.15) is 6.61 Å². The van der Waals surface area contributed by atoms with Crippen LogP contribution in [0.2, 0.25) is 0 Å². The lowest BCUT2D eigenvalue weighted by molar-refractivity contribution is -0.373. The average molecular weight is 333 g/mol. The van der Waals surface area contributed by atoms with Crippen LogP contribution in [0.5, 0.6) is 5.88 Å². The molecule has 124 valence electrons. The highest BCUT2D eigenvalue weighted by atomic mass is 19.4. The van der Waals surface area contributed by atoms with E-state index in [-0.39, 0.29) is 5.69 Å². The summed E-state index contributed by atoms with van der Waals surface area (Å²) < 4.78 is 83.1. The molecule has 0 radical (unpaired) electrons. The molecular formula is C11H9F6NO4. The molecule has 11 heteroatoms. The summed E-state index contributed by atoms with van der Waals surface area (Å²) in [5, 5.41) is 8.88. The molecule has 0 unspecified atom stereocenters. The molecule has 1 heterocycles. The molecule has 0 aromatic carbocycles. The van der Waals surface area contributed by atoms with Crippen LogP contribution in [0.3, 0.4) is 0 Å². The number of pyridine rings is 1. The molecule has 1 aromatic heterocycles. The Kier molecular flexibility index (Phi) is 4.90. The van der Waals surface area contributed by atoms with Crippen LogP contribution < -0.4 is 4.74 Å². The van der Waals surface area contributed by atoms with Gasteiger partial charge in [-0.1, -0.05) is 6.07 Å². The van der Waals surface area contributed by atoms with E-state index in [1.165, 1.54) is 0 Å². The zero-order chi connectivity index (χ0) is 17.2. The SMILES string of the molecule is COC(=O)c1cccc(OCC(O)(C(F)(F)F)C(F)(F)F)n1. The van der Waals surface area contributed by atoms with Gasteiger partial charge >= 0.3 is 18.3 Å². The van der Waals surface area contributed by atoms with Gasteiger partial charge in [-0.25, -0.2) is 9.78 Å². The van der Waals surface area contributed by atoms with Crippen LogP contribution in [0.4, 0.5) is 26.3 Å². The first kappa shape index (κ1) is 18.0. The molecular weight excluding hydrogens is 324 g/mol. The number of halogens is 6. The minimum Gasteiger partial charge on any atom is -0.474 e. The van der Waals surface area contributed by atoms with Crippen LogP contribution in [0.15, 0.2) is 18.2 Å². The van der Waals surface area contributed by atoms with Crippen molar-refractivity contribution in [1.29, 1.82) is 0 Å². The van der Waals surface area contributed by atoms with Gasteiger partial charge in [0.15, 0.2) is 5.69 Å². The third-order valence-electron chi connectivity index (χ3n) is 2.48. The number of carbonyl (C=O) groups is 1. The predicted molar refractivity (Wildman–Crippen MR) is 58.1 cm³/mol. The van der Waals surface area contributed by atoms with E-state index in [2.05, 4.69) is 14.5 Å². The number of ether oxygens (including phenoxy) is 2. The van der Waals surface area contributed by atoms with E-state index >= 15 is 0 Å². The smallest absolute Gasteiger partial charge is 0.429 e. The molecule has 0 aliphatic heterocycles. The maximum atomic E-state index is 12.4. The van der Waals surface area contributed by atoms with E-state index in [9.17, 15) is 31.1 Å². The Bertz CT molecular complexity index is 528. The molecule has 0 saturated heterocycles. The van der Waals surface area contributed by atoms with E-state index in [1.807, 2.05) is 0 Å². The Balaban J connectivity index is 2.98. The summed E-state index contributed by atoms with van der Waals surface area (Å²) in [6.07, 6.45) is -12.0. The van der Waals surface area contributed by atoms with Gasteiger partial charge in [-0.2, -0.15) is 26.3 Å². The Morgan fingerprint density at radius 2 is 1.73 bits per heavy atom. The summed E-state index contributed by atoms with van der Waals surface area (Å²) >= 11 is 0. The fraction of sp³-hybridized carbons (Fsp3) is 0.455. The number of alkyl halides is 6. The number of nitrogens with zero attached hydrogens (tertiary/aromatic N) is 1. The minimum absolute atomic E-state index is 0.387. The summed E-state index contributed by atoms with van der Waals surface area (Å²) in [5.74, 6) is -1.68. The predicted octanol–water partition coefficient (Wildman–Crippen LogP) is 2.10. The van der Waals surface area contributed by atoms with Crippen molar-refractivity contribution in [3.05, 3.63) is 23.9 Å². The average Bonchev–Trinajstić information content (AvgIpc) is 2.41. The maximum absolute atomic E-state index is 12.4. The lowest BCUT2D eigenvalue weighted by Crippen LogP contribution is -2.60. The summed E-state index contributed by atoms with van der Waals surface area (Å²) in [6.45, 7) is -2.17. The molecule has 0 saturated carbocycles. The Hall–Kier alpha value is -2.04. The maximum Gasteiger partial charge on any atom is 0.429 e. The van der Waals surface area contributed by atoms with Crippen LogP contribution in [0.25, 0.3) is 0 Å². The molecule has 0 atom stereocenters. The number of aromatic nitrogens is 1. The number of hydrogen-bond acceptors (Lipinski definition) is 5. The largest absolute Gasteiger partial charge is 0.474 e. The van der Waals surface area contributed by atoms with Crippen LogP contribution in [0.1, 0.15) is 10.5 Å². The van der Waals surface area contributed by atoms with Gasteiger partial charge in [-0.3, -0.25) is 0 Å². The highest BCUT2D eigenvalue weighted by Crippen LogP contribution is 2.43. The third-order valence-corrected chi connectivity index (χ3v) is 2.48. The topological polar surface area (TPSA) is 68.7 Å². The summed E-state index contributed by atoms with van der Waals surface area (Å²) in [4.78, 5) is 14.5. The Morgan fingerprint density at radius 3 is 2.18 bits per heavy atom. The van der Waals surface area contributed by atoms with Gasteiger partial charge in [-0.15, -0.1) is 0 Å². The number of aliphatic hydroxyl groups is 1. The molecule has 0 aliphatic carbocycles. The van der Waals surface area contributed by atoms with E-state index in [0.717, 1.165) is 25.3 Å². The lowest BCUT2D eigenvalue weighted by atomic mass is 10.0. The van der Waals surface area contributed by atoms with Crippen molar-refractivity contribution in [2.45, 2.75) is 18.0 Å². The Morgan fingerprint density at radius 1 is 1.18 bits per heavy atom. The van der Waals surface area contributed by atoms with Gasteiger partial charge in [0.25, 0.3) is 5.60 Å². The van der Waals surface area contributed by atoms with Crippen LogP contribution in [-0.2, 0) is 4.74 Å². The van der Waals surface area contributed by atoms with Crippen molar-refractivity contribution in [2.24, 2.45) is 0 Å². The van der Waals surface area contributed by atoms with Gasteiger partial charge in [0, 0.05) is 6.07 Å². The van der Waals surface area contributed by atoms with E-state index in [4.69, 9.17) is 5.11 Å². The van der Waals surface area contributed by atoms with Crippen molar-refractivity contribution in [3.8, 4) is 5.88 Å². The molecule has 0 fully saturated rings. The van der Waals surface area contributed by atoms with Gasteiger partial charge in [0.05, 0.1) is 7.11 Å². The van der Waals surface area contributed by atoms with E-state index in [0.29, 0.717) is 0 Å². The molecule has 1 aromatic rings. The zero-order valence-corrected chi connectivity index (χ0v) is 10.8. The molecule has 22 heavy (non-hydrogen) atoms. The van der Waals surface area contributed by atoms with Crippen LogP contribution in [0, 0.1) is 0 Å². The molecule has 1 N–H and O–H groups in total. The normalized spacial score (nSPS) is 12.9. The summed E-state index contributed by atoms with van der Waals surface area (Å²) in [7, 11) is 1.00. The first-order chi connectivity index (χ1) is 9.92. The molecule has 0 bridgehead atoms. The van der Waals surface area contributed by atoms with Crippen LogP contribution in [-0.4, -0.2) is 47.7 Å². The van der Waals surface area contributed by atoms with Crippen LogP contribution >= 0.6 is 0 Å². The summed E-state index contributed by atoms with van der Waals surface area (Å²) in [5.41, 5.74) is -5.45. The molecule has 0 amide bonds. The van der Waals surface area contributed by atoms with E-state index in [1.54, 1.807) is 0 Å². The number of esters is 1. The van der Waals surface area contributed by atoms with Crippen molar-refractivity contribution in [2.75, 3.05) is 13.7 Å². The molecule has 0 aliphatic rings. The van der Waals surface area contributed by atoms with E-state index < -0.39 is 36.4 Å². The number of rotatable bonds is 4. The van der Waals surface area contributed by atoms with Gasteiger partial charge in [0.2, 0.25) is 5.88 Å². The Labute approximate surface area is 119 Å². The van der Waals surface area contributed by atoms with Gasteiger partial charge in [-0.05, 0) is 6.07 Å². The zero-order valence-electron chi connectivity index (χ0n) is 10.8. The number of hydrogen-bond donors (Lipinski definition) is 1. The standard InChI is InChI=1S/C11H9F6NO4/c1-21-8(19)6-3-2-4-7(18-6)22-5-9(20,10(12,13)14)11(15,16)17/h2-4,20H,5H2,1H3. The van der Waals surface area contributed by atoms with Crippen molar-refractivity contribution >= 4 is 5.97 Å². The fourth-order valence-corrected chi connectivity index (χ4v) is 1.22. The third kappa shape index (κ3) is 3.59. The number of carbonyl (C=O) groups excluding carboxylic acids is 1. The number of methoxy groups -OCH3 is 1. The van der Waals surface area contributed by atoms with Gasteiger partial charge < -0.3 is 14.6 Å². The van der Waals surface area contributed by atoms with Crippen molar-refractivity contribution in [1.82, 2.24) is 4.98 Å². The highest BCUT2D eigenvalue weighted by Gasteiger charge is 2.71. The second-order valence-corrected chi connectivity index (χ2v) is 4.00. The first-order valence-corrected chi connectivity index (χ1v) is 5.46. The first-order valence-electron chi connectivity index (χ1n) is 5.46. The lowest BCUT2D eigenvalue weighted by Gasteiger charge is -2.31. The summed E-state index contributed by atoms with van der Waals surface area (Å²) in [6, 6.07) is 3.13. The monoisotopic (exact) mass is 333 g/mol. The highest BCUT2D eigenvalue weighted by molar-refractivity contribution is 5.87.